The Labute approximate surface area is 125 Å². The second kappa shape index (κ2) is 5.90. The second-order valence-corrected chi connectivity index (χ2v) is 5.91. The third kappa shape index (κ3) is 2.81. The van der Waals surface area contributed by atoms with Gasteiger partial charge < -0.3 is 15.7 Å². The van der Waals surface area contributed by atoms with Gasteiger partial charge in [0.15, 0.2) is 0 Å². The third-order valence-corrected chi connectivity index (χ3v) is 4.32. The van der Waals surface area contributed by atoms with Crippen molar-refractivity contribution in [2.24, 2.45) is 0 Å². The van der Waals surface area contributed by atoms with Crippen molar-refractivity contribution in [3.8, 4) is 0 Å². The van der Waals surface area contributed by atoms with Gasteiger partial charge in [0.1, 0.15) is 0 Å². The summed E-state index contributed by atoms with van der Waals surface area (Å²) in [5.41, 5.74) is 9.96. The van der Waals surface area contributed by atoms with Gasteiger partial charge in [-0.2, -0.15) is 0 Å². The van der Waals surface area contributed by atoms with Crippen LogP contribution < -0.4 is 10.6 Å². The van der Waals surface area contributed by atoms with Crippen LogP contribution >= 0.6 is 0 Å². The number of aliphatic hydroxyl groups excluding tert-OH is 1. The molecule has 1 aliphatic carbocycles. The molecule has 0 saturated heterocycles. The van der Waals surface area contributed by atoms with Gasteiger partial charge in [0, 0.05) is 41.6 Å². The Balaban J connectivity index is 2.08. The van der Waals surface area contributed by atoms with E-state index in [2.05, 4.69) is 16.0 Å². The molecule has 112 valence electrons. The highest BCUT2D eigenvalue weighted by molar-refractivity contribution is 5.94. The van der Waals surface area contributed by atoms with Crippen molar-refractivity contribution < 1.29 is 5.11 Å². The van der Waals surface area contributed by atoms with Crippen LogP contribution in [0.1, 0.15) is 31.4 Å². The number of benzene rings is 1. The molecule has 0 radical (unpaired) electrons. The maximum absolute atomic E-state index is 9.19. The SMILES string of the molecule is Cc1cc(N(CCCO)C2CCC2)c2cc(N)ccc2n1. The molecule has 1 fully saturated rings. The monoisotopic (exact) mass is 285 g/mol. The van der Waals surface area contributed by atoms with E-state index in [9.17, 15) is 5.11 Å². The summed E-state index contributed by atoms with van der Waals surface area (Å²) in [6, 6.07) is 8.65. The van der Waals surface area contributed by atoms with Crippen LogP contribution in [0.5, 0.6) is 0 Å². The van der Waals surface area contributed by atoms with E-state index in [1.54, 1.807) is 0 Å². The number of nitrogen functional groups attached to an aromatic ring is 1. The molecular weight excluding hydrogens is 262 g/mol. The summed E-state index contributed by atoms with van der Waals surface area (Å²) < 4.78 is 0. The summed E-state index contributed by atoms with van der Waals surface area (Å²) >= 11 is 0. The van der Waals surface area contributed by atoms with Crippen LogP contribution in [0.15, 0.2) is 24.3 Å². The molecule has 4 nitrogen and oxygen atoms in total. The van der Waals surface area contributed by atoms with Gasteiger partial charge in [-0.25, -0.2) is 0 Å². The average molecular weight is 285 g/mol. The van der Waals surface area contributed by atoms with Gasteiger partial charge >= 0.3 is 0 Å². The normalized spacial score (nSPS) is 15.1. The summed E-state index contributed by atoms with van der Waals surface area (Å²) in [5.74, 6) is 0. The number of hydrogen-bond acceptors (Lipinski definition) is 4. The van der Waals surface area contributed by atoms with Crippen molar-refractivity contribution >= 4 is 22.3 Å². The van der Waals surface area contributed by atoms with Crippen molar-refractivity contribution in [1.82, 2.24) is 4.98 Å². The zero-order chi connectivity index (χ0) is 14.8. The van der Waals surface area contributed by atoms with Crippen LogP contribution in [0.3, 0.4) is 0 Å². The van der Waals surface area contributed by atoms with Crippen LogP contribution in [0.2, 0.25) is 0 Å². The quantitative estimate of drug-likeness (QED) is 0.829. The molecule has 2 aromatic rings. The number of anilines is 2. The first-order chi connectivity index (χ1) is 10.2. The lowest BCUT2D eigenvalue weighted by Crippen LogP contribution is -2.41. The largest absolute Gasteiger partial charge is 0.399 e. The highest BCUT2D eigenvalue weighted by atomic mass is 16.3. The molecule has 1 heterocycles. The van der Waals surface area contributed by atoms with E-state index in [0.29, 0.717) is 6.04 Å². The molecule has 1 aliphatic rings. The lowest BCUT2D eigenvalue weighted by molar-refractivity contribution is 0.283. The standard InChI is InChI=1S/C17H23N3O/c1-12-10-17(15-11-13(18)6-7-16(15)19-12)20(8-3-9-21)14-4-2-5-14/h6-7,10-11,14,21H,2-5,8-9,18H2,1H3. The lowest BCUT2D eigenvalue weighted by Gasteiger charge is -2.40. The van der Waals surface area contributed by atoms with Gasteiger partial charge in [-0.3, -0.25) is 4.98 Å². The zero-order valence-electron chi connectivity index (χ0n) is 12.5. The van der Waals surface area contributed by atoms with Crippen molar-refractivity contribution in [2.75, 3.05) is 23.8 Å². The van der Waals surface area contributed by atoms with E-state index in [0.717, 1.165) is 35.2 Å². The first-order valence-electron chi connectivity index (χ1n) is 7.73. The molecule has 3 rings (SSSR count). The predicted molar refractivity (Wildman–Crippen MR) is 87.6 cm³/mol. The number of pyridine rings is 1. The van der Waals surface area contributed by atoms with Gasteiger partial charge in [-0.1, -0.05) is 0 Å². The Hall–Kier alpha value is -1.81. The molecule has 0 bridgehead atoms. The summed E-state index contributed by atoms with van der Waals surface area (Å²) in [6.45, 7) is 3.15. The Morgan fingerprint density at radius 1 is 1.33 bits per heavy atom. The number of aliphatic hydroxyl groups is 1. The molecule has 1 aromatic carbocycles. The fourth-order valence-corrected chi connectivity index (χ4v) is 3.03. The van der Waals surface area contributed by atoms with E-state index in [1.165, 1.54) is 24.9 Å². The maximum Gasteiger partial charge on any atom is 0.0727 e. The molecule has 3 N–H and O–H groups in total. The maximum atomic E-state index is 9.19. The van der Waals surface area contributed by atoms with E-state index in [4.69, 9.17) is 5.73 Å². The number of rotatable bonds is 5. The summed E-state index contributed by atoms with van der Waals surface area (Å²) in [4.78, 5) is 7.05. The molecular formula is C17H23N3O. The number of hydrogen-bond donors (Lipinski definition) is 2. The number of nitrogens with two attached hydrogens (primary N) is 1. The molecule has 1 saturated carbocycles. The molecule has 21 heavy (non-hydrogen) atoms. The molecule has 0 amide bonds. The fourth-order valence-electron chi connectivity index (χ4n) is 3.03. The molecule has 0 aliphatic heterocycles. The molecule has 0 atom stereocenters. The third-order valence-electron chi connectivity index (χ3n) is 4.32. The minimum absolute atomic E-state index is 0.230. The minimum atomic E-state index is 0.230. The van der Waals surface area contributed by atoms with Crippen molar-refractivity contribution in [3.05, 3.63) is 30.0 Å². The van der Waals surface area contributed by atoms with Gasteiger partial charge in [-0.05, 0) is 56.9 Å². The molecule has 0 unspecified atom stereocenters. The highest BCUT2D eigenvalue weighted by Gasteiger charge is 2.26. The fraction of sp³-hybridized carbons (Fsp3) is 0.471. The first kappa shape index (κ1) is 14.1. The van der Waals surface area contributed by atoms with Crippen LogP contribution in [0.25, 0.3) is 10.9 Å². The number of nitrogens with zero attached hydrogens (tertiary/aromatic N) is 2. The highest BCUT2D eigenvalue weighted by Crippen LogP contribution is 2.35. The van der Waals surface area contributed by atoms with Gasteiger partial charge in [-0.15, -0.1) is 0 Å². The lowest BCUT2D eigenvalue weighted by atomic mass is 9.90. The van der Waals surface area contributed by atoms with E-state index >= 15 is 0 Å². The Kier molecular flexibility index (Phi) is 3.97. The van der Waals surface area contributed by atoms with Crippen LogP contribution in [-0.4, -0.2) is 29.3 Å². The smallest absolute Gasteiger partial charge is 0.0727 e. The van der Waals surface area contributed by atoms with Crippen molar-refractivity contribution in [2.45, 2.75) is 38.6 Å². The zero-order valence-corrected chi connectivity index (χ0v) is 12.5. The number of fused-ring (bicyclic) bond motifs is 1. The topological polar surface area (TPSA) is 62.4 Å². The minimum Gasteiger partial charge on any atom is -0.399 e. The van der Waals surface area contributed by atoms with E-state index < -0.39 is 0 Å². The van der Waals surface area contributed by atoms with Crippen molar-refractivity contribution in [1.29, 1.82) is 0 Å². The Morgan fingerprint density at radius 2 is 2.14 bits per heavy atom. The Morgan fingerprint density at radius 3 is 2.81 bits per heavy atom. The number of aryl methyl sites for hydroxylation is 1. The Bertz CT molecular complexity index is 637. The summed E-state index contributed by atoms with van der Waals surface area (Å²) in [7, 11) is 0. The van der Waals surface area contributed by atoms with Gasteiger partial charge in [0.25, 0.3) is 0 Å². The first-order valence-corrected chi connectivity index (χ1v) is 7.73. The van der Waals surface area contributed by atoms with E-state index in [1.807, 2.05) is 25.1 Å². The molecule has 1 aromatic heterocycles. The molecule has 0 spiro atoms. The van der Waals surface area contributed by atoms with Gasteiger partial charge in [0.2, 0.25) is 0 Å². The van der Waals surface area contributed by atoms with E-state index in [-0.39, 0.29) is 6.61 Å². The average Bonchev–Trinajstić information content (AvgIpc) is 2.41. The van der Waals surface area contributed by atoms with Crippen LogP contribution in [0.4, 0.5) is 11.4 Å². The van der Waals surface area contributed by atoms with Crippen LogP contribution in [0, 0.1) is 6.92 Å². The second-order valence-electron chi connectivity index (χ2n) is 5.91. The predicted octanol–water partition coefficient (Wildman–Crippen LogP) is 2.87. The van der Waals surface area contributed by atoms with Gasteiger partial charge in [0.05, 0.1) is 5.52 Å². The summed E-state index contributed by atoms with van der Waals surface area (Å²) in [6.07, 6.45) is 4.55. The molecule has 4 heteroatoms. The van der Waals surface area contributed by atoms with Crippen LogP contribution in [-0.2, 0) is 0 Å². The number of aromatic nitrogens is 1. The summed E-state index contributed by atoms with van der Waals surface area (Å²) in [5, 5.41) is 10.3. The van der Waals surface area contributed by atoms with Crippen molar-refractivity contribution in [3.63, 3.8) is 0 Å².